The first kappa shape index (κ1) is 6.50. The molecule has 0 aromatic carbocycles. The maximum absolute atomic E-state index is 10.3. The third-order valence-electron chi connectivity index (χ3n) is 1.23. The molecule has 0 fully saturated rings. The van der Waals surface area contributed by atoms with Gasteiger partial charge in [0.1, 0.15) is 5.66 Å². The van der Waals surface area contributed by atoms with Gasteiger partial charge >= 0.3 is 7.68 Å². The molecule has 0 heterocycles. The molecule has 1 aliphatic rings. The van der Waals surface area contributed by atoms with Crippen molar-refractivity contribution >= 4 is 7.68 Å². The Balaban J connectivity index is 2.82. The van der Waals surface area contributed by atoms with Crippen LogP contribution in [-0.2, 0) is 9.13 Å². The second-order valence-electron chi connectivity index (χ2n) is 2.05. The molecule has 3 heteroatoms. The van der Waals surface area contributed by atoms with Crippen LogP contribution in [0.25, 0.3) is 0 Å². The normalized spacial score (nSPS) is 24.1. The summed E-state index contributed by atoms with van der Waals surface area (Å²) in [5.74, 6) is 0. The van der Waals surface area contributed by atoms with Crippen molar-refractivity contribution in [3.05, 3.63) is 23.8 Å². The molecule has 0 bridgehead atoms. The lowest BCUT2D eigenvalue weighted by Gasteiger charge is -1.84. The van der Waals surface area contributed by atoms with Crippen molar-refractivity contribution in [1.29, 1.82) is 0 Å². The Kier molecular flexibility index (Phi) is 1.68. The molecule has 0 aliphatic heterocycles. The zero-order chi connectivity index (χ0) is 6.85. The summed E-state index contributed by atoms with van der Waals surface area (Å²) in [6, 6.07) is 0. The van der Waals surface area contributed by atoms with Gasteiger partial charge in [-0.15, -0.1) is 0 Å². The lowest BCUT2D eigenvalue weighted by molar-refractivity contribution is 0.514. The molecule has 1 rings (SSSR count). The van der Waals surface area contributed by atoms with E-state index in [2.05, 4.69) is 0 Å². The minimum absolute atomic E-state index is 0.347. The molecule has 48 valence electrons. The third kappa shape index (κ3) is 1.39. The second-order valence-corrected chi connectivity index (χ2v) is 3.21. The smallest absolute Gasteiger partial charge is 0.236 e. The highest BCUT2D eigenvalue weighted by Gasteiger charge is 2.10. The van der Waals surface area contributed by atoms with Gasteiger partial charge in [-0.2, -0.15) is 0 Å². The molecule has 0 aromatic heterocycles. The highest BCUT2D eigenvalue weighted by atomic mass is 31.1. The van der Waals surface area contributed by atoms with Crippen molar-refractivity contribution in [2.24, 2.45) is 0 Å². The van der Waals surface area contributed by atoms with Crippen LogP contribution in [0, 0.1) is 0 Å². The third-order valence-corrected chi connectivity index (χ3v) is 2.04. The first-order chi connectivity index (χ1) is 4.20. The number of rotatable bonds is 1. The summed E-state index contributed by atoms with van der Waals surface area (Å²) < 4.78 is 20.6. The van der Waals surface area contributed by atoms with Crippen LogP contribution >= 0.6 is 7.68 Å². The average molecular weight is 142 g/mol. The van der Waals surface area contributed by atoms with Gasteiger partial charge in [-0.1, -0.05) is 23.8 Å². The van der Waals surface area contributed by atoms with Crippen LogP contribution < -0.4 is 0 Å². The van der Waals surface area contributed by atoms with E-state index in [9.17, 15) is 9.13 Å². The van der Waals surface area contributed by atoms with Gasteiger partial charge < -0.3 is 0 Å². The van der Waals surface area contributed by atoms with E-state index in [4.69, 9.17) is 0 Å². The van der Waals surface area contributed by atoms with Gasteiger partial charge in [-0.3, -0.25) is 0 Å². The van der Waals surface area contributed by atoms with Gasteiger partial charge in [0.2, 0.25) is 0 Å². The Labute approximate surface area is 54.1 Å². The summed E-state index contributed by atoms with van der Waals surface area (Å²) in [5, 5.41) is 0. The van der Waals surface area contributed by atoms with E-state index < -0.39 is 7.68 Å². The molecule has 0 amide bonds. The minimum atomic E-state index is -2.29. The minimum Gasteiger partial charge on any atom is -0.236 e. The second kappa shape index (κ2) is 2.32. The van der Waals surface area contributed by atoms with Gasteiger partial charge in [0.15, 0.2) is 0 Å². The molecule has 0 radical (unpaired) electrons. The zero-order valence-electron chi connectivity index (χ0n) is 5.07. The van der Waals surface area contributed by atoms with Crippen LogP contribution in [0.1, 0.15) is 6.92 Å². The maximum atomic E-state index is 10.3. The predicted molar refractivity (Wildman–Crippen MR) is 35.0 cm³/mol. The summed E-state index contributed by atoms with van der Waals surface area (Å²) in [4.78, 5) is 0. The van der Waals surface area contributed by atoms with Crippen molar-refractivity contribution in [3.63, 3.8) is 0 Å². The molecule has 9 heavy (non-hydrogen) atoms. The van der Waals surface area contributed by atoms with Gasteiger partial charge in [-0.25, -0.2) is 9.13 Å². The van der Waals surface area contributed by atoms with E-state index in [1.54, 1.807) is 12.2 Å². The average Bonchev–Trinajstić information content (AvgIpc) is 2.14. The number of hydrogen-bond acceptors (Lipinski definition) is 2. The van der Waals surface area contributed by atoms with Crippen LogP contribution in [0.4, 0.5) is 0 Å². The Morgan fingerprint density at radius 1 is 1.56 bits per heavy atom. The van der Waals surface area contributed by atoms with E-state index in [-0.39, 0.29) is 5.66 Å². The molecule has 1 aliphatic carbocycles. The Bertz CT molecular complexity index is 227. The fourth-order valence-corrected chi connectivity index (χ4v) is 1.35. The van der Waals surface area contributed by atoms with Crippen LogP contribution in [0.15, 0.2) is 23.8 Å². The van der Waals surface area contributed by atoms with Crippen molar-refractivity contribution in [2.75, 3.05) is 0 Å². The molecule has 0 N–H and O–H groups in total. The van der Waals surface area contributed by atoms with Crippen LogP contribution in [0.5, 0.6) is 0 Å². The lowest BCUT2D eigenvalue weighted by Crippen LogP contribution is -1.81. The SMILES string of the molecule is CC1=CC(P(=O)=O)C=C1. The Morgan fingerprint density at radius 2 is 2.22 bits per heavy atom. The largest absolute Gasteiger partial charge is 0.326 e. The molecule has 0 spiro atoms. The van der Waals surface area contributed by atoms with Crippen molar-refractivity contribution in [3.8, 4) is 0 Å². The molecular weight excluding hydrogens is 135 g/mol. The predicted octanol–water partition coefficient (Wildman–Crippen LogP) is 2.04. The fraction of sp³-hybridized carbons (Fsp3) is 0.333. The quantitative estimate of drug-likeness (QED) is 0.525. The van der Waals surface area contributed by atoms with Crippen LogP contribution in [0.2, 0.25) is 0 Å². The van der Waals surface area contributed by atoms with E-state index >= 15 is 0 Å². The van der Waals surface area contributed by atoms with Gasteiger partial charge in [-0.05, 0) is 6.92 Å². The van der Waals surface area contributed by atoms with Crippen molar-refractivity contribution in [2.45, 2.75) is 12.6 Å². The molecule has 1 unspecified atom stereocenters. The van der Waals surface area contributed by atoms with Crippen molar-refractivity contribution < 1.29 is 9.13 Å². The van der Waals surface area contributed by atoms with E-state index in [1.165, 1.54) is 0 Å². The molecule has 0 saturated carbocycles. The highest BCUT2D eigenvalue weighted by Crippen LogP contribution is 2.23. The summed E-state index contributed by atoms with van der Waals surface area (Å²) >= 11 is 0. The van der Waals surface area contributed by atoms with Gasteiger partial charge in [0.25, 0.3) is 0 Å². The van der Waals surface area contributed by atoms with E-state index in [0.29, 0.717) is 0 Å². The zero-order valence-corrected chi connectivity index (χ0v) is 5.97. The molecule has 0 aromatic rings. The fourth-order valence-electron chi connectivity index (χ4n) is 0.762. The maximum Gasteiger partial charge on any atom is 0.326 e. The van der Waals surface area contributed by atoms with Gasteiger partial charge in [0, 0.05) is 0 Å². The molecule has 0 saturated heterocycles. The van der Waals surface area contributed by atoms with Crippen LogP contribution in [0.3, 0.4) is 0 Å². The number of hydrogen-bond donors (Lipinski definition) is 0. The lowest BCUT2D eigenvalue weighted by atomic mass is 10.3. The molecular formula is C6H7O2P. The summed E-state index contributed by atoms with van der Waals surface area (Å²) in [5.41, 5.74) is 0.680. The van der Waals surface area contributed by atoms with Crippen molar-refractivity contribution in [1.82, 2.24) is 0 Å². The summed E-state index contributed by atoms with van der Waals surface area (Å²) in [7, 11) is -2.29. The summed E-state index contributed by atoms with van der Waals surface area (Å²) in [6.45, 7) is 1.88. The van der Waals surface area contributed by atoms with E-state index in [1.807, 2.05) is 13.0 Å². The molecule has 2 nitrogen and oxygen atoms in total. The van der Waals surface area contributed by atoms with Gasteiger partial charge in [0.05, 0.1) is 0 Å². The highest BCUT2D eigenvalue weighted by molar-refractivity contribution is 7.32. The topological polar surface area (TPSA) is 34.1 Å². The standard InChI is InChI=1S/C6H7O2P/c1-5-2-3-6(4-5)9(7)8/h2-4,6H,1H3. The Hall–Kier alpha value is -0.620. The first-order valence-corrected chi connectivity index (χ1v) is 3.95. The van der Waals surface area contributed by atoms with E-state index in [0.717, 1.165) is 5.57 Å². The molecule has 1 atom stereocenters. The Morgan fingerprint density at radius 3 is 2.44 bits per heavy atom. The number of allylic oxidation sites excluding steroid dienone is 4. The summed E-state index contributed by atoms with van der Waals surface area (Å²) in [6.07, 6.45) is 5.22. The van der Waals surface area contributed by atoms with Crippen LogP contribution in [-0.4, -0.2) is 5.66 Å². The first-order valence-electron chi connectivity index (χ1n) is 2.70. The monoisotopic (exact) mass is 142 g/mol.